The van der Waals surface area contributed by atoms with Crippen LogP contribution in [0.25, 0.3) is 0 Å². The molecule has 0 atom stereocenters. The topological polar surface area (TPSA) is 72.6 Å². The molecule has 1 aliphatic rings. The molecule has 1 aromatic rings. The molecule has 0 fully saturated rings. The van der Waals surface area contributed by atoms with E-state index in [2.05, 4.69) is 0 Å². The largest absolute Gasteiger partial charge is 0.502 e. The molecule has 15 heavy (non-hydrogen) atoms. The number of nitro benzene ring substituents is 1. The van der Waals surface area contributed by atoms with Gasteiger partial charge in [0.15, 0.2) is 5.75 Å². The highest BCUT2D eigenvalue weighted by atomic mass is 16.6. The van der Waals surface area contributed by atoms with E-state index in [0.717, 1.165) is 5.56 Å². The summed E-state index contributed by atoms with van der Waals surface area (Å²) in [6.45, 7) is 3.80. The number of aromatic hydroxyl groups is 1. The zero-order chi connectivity index (χ0) is 11.2. The number of phenols is 1. The van der Waals surface area contributed by atoms with Gasteiger partial charge in [-0.3, -0.25) is 10.1 Å². The van der Waals surface area contributed by atoms with Crippen LogP contribution in [0.15, 0.2) is 12.1 Å². The lowest BCUT2D eigenvalue weighted by Crippen LogP contribution is -2.24. The van der Waals surface area contributed by atoms with Gasteiger partial charge >= 0.3 is 5.69 Å². The first-order valence-corrected chi connectivity index (χ1v) is 4.58. The predicted octanol–water partition coefficient (Wildman–Crippen LogP) is 2.01. The Morgan fingerprint density at radius 1 is 1.53 bits per heavy atom. The van der Waals surface area contributed by atoms with Gasteiger partial charge in [-0.1, -0.05) is 0 Å². The summed E-state index contributed by atoms with van der Waals surface area (Å²) in [6.07, 6.45) is 0.615. The average molecular weight is 209 g/mol. The number of hydrogen-bond acceptors (Lipinski definition) is 4. The van der Waals surface area contributed by atoms with E-state index in [1.807, 2.05) is 13.8 Å². The van der Waals surface area contributed by atoms with Crippen molar-refractivity contribution in [1.82, 2.24) is 0 Å². The first-order chi connectivity index (χ1) is 6.89. The molecular weight excluding hydrogens is 198 g/mol. The summed E-state index contributed by atoms with van der Waals surface area (Å²) in [5.74, 6) is 0.180. The van der Waals surface area contributed by atoms with Crippen molar-refractivity contribution >= 4 is 5.69 Å². The Hall–Kier alpha value is -1.78. The van der Waals surface area contributed by atoms with E-state index in [1.54, 1.807) is 0 Å². The van der Waals surface area contributed by atoms with Crippen LogP contribution in [0.5, 0.6) is 11.5 Å². The third-order valence-corrected chi connectivity index (χ3v) is 2.36. The van der Waals surface area contributed by atoms with Gasteiger partial charge in [-0.2, -0.15) is 0 Å². The Balaban J connectivity index is 2.50. The van der Waals surface area contributed by atoms with Crippen LogP contribution in [-0.4, -0.2) is 15.6 Å². The number of phenolic OH excluding ortho intramolecular Hbond substituents is 1. The minimum absolute atomic E-state index is 0.268. The minimum Gasteiger partial charge on any atom is -0.502 e. The lowest BCUT2D eigenvalue weighted by Gasteiger charge is -2.16. The van der Waals surface area contributed by atoms with Gasteiger partial charge in [0, 0.05) is 24.1 Å². The molecule has 1 aliphatic heterocycles. The maximum atomic E-state index is 10.6. The van der Waals surface area contributed by atoms with Crippen molar-refractivity contribution in [3.05, 3.63) is 27.8 Å². The number of fused-ring (bicyclic) bond motifs is 1. The monoisotopic (exact) mass is 209 g/mol. The van der Waals surface area contributed by atoms with Crippen LogP contribution in [0, 0.1) is 10.1 Å². The van der Waals surface area contributed by atoms with Gasteiger partial charge in [0.05, 0.1) is 4.92 Å². The van der Waals surface area contributed by atoms with Crippen LogP contribution in [0.3, 0.4) is 0 Å². The molecule has 1 heterocycles. The number of rotatable bonds is 1. The lowest BCUT2D eigenvalue weighted by molar-refractivity contribution is -0.385. The van der Waals surface area contributed by atoms with Crippen molar-refractivity contribution in [3.63, 3.8) is 0 Å². The average Bonchev–Trinajstić information content (AvgIpc) is 2.36. The molecule has 0 amide bonds. The SMILES string of the molecule is CC1(C)Cc2cc([N+](=O)[O-])c(O)cc2O1. The van der Waals surface area contributed by atoms with Crippen LogP contribution in [0.1, 0.15) is 19.4 Å². The van der Waals surface area contributed by atoms with Gasteiger partial charge < -0.3 is 9.84 Å². The molecule has 0 saturated carbocycles. The summed E-state index contributed by atoms with van der Waals surface area (Å²) in [4.78, 5) is 9.99. The number of nitrogens with zero attached hydrogens (tertiary/aromatic N) is 1. The molecule has 0 radical (unpaired) electrons. The molecule has 0 aliphatic carbocycles. The smallest absolute Gasteiger partial charge is 0.311 e. The predicted molar refractivity (Wildman–Crippen MR) is 53.2 cm³/mol. The van der Waals surface area contributed by atoms with E-state index >= 15 is 0 Å². The van der Waals surface area contributed by atoms with Crippen molar-refractivity contribution in [1.29, 1.82) is 0 Å². The van der Waals surface area contributed by atoms with E-state index in [1.165, 1.54) is 12.1 Å². The highest BCUT2D eigenvalue weighted by Crippen LogP contribution is 2.41. The molecule has 0 bridgehead atoms. The van der Waals surface area contributed by atoms with Gasteiger partial charge in [0.1, 0.15) is 11.4 Å². The second-order valence-corrected chi connectivity index (χ2v) is 4.24. The van der Waals surface area contributed by atoms with E-state index in [4.69, 9.17) is 4.74 Å². The molecule has 0 spiro atoms. The summed E-state index contributed by atoms with van der Waals surface area (Å²) in [5.41, 5.74) is 0.142. The second kappa shape index (κ2) is 2.85. The Labute approximate surface area is 86.4 Å². The standard InChI is InChI=1S/C10H11NO4/c1-10(2)5-6-3-7(11(13)14)8(12)4-9(6)15-10/h3-4,12H,5H2,1-2H3. The summed E-state index contributed by atoms with van der Waals surface area (Å²) in [7, 11) is 0. The van der Waals surface area contributed by atoms with E-state index in [0.29, 0.717) is 12.2 Å². The van der Waals surface area contributed by atoms with Crippen molar-refractivity contribution in [2.24, 2.45) is 0 Å². The van der Waals surface area contributed by atoms with Gasteiger partial charge in [-0.15, -0.1) is 0 Å². The van der Waals surface area contributed by atoms with Crippen LogP contribution >= 0.6 is 0 Å². The van der Waals surface area contributed by atoms with Crippen molar-refractivity contribution < 1.29 is 14.8 Å². The fourth-order valence-electron chi connectivity index (χ4n) is 1.77. The fourth-order valence-corrected chi connectivity index (χ4v) is 1.77. The van der Waals surface area contributed by atoms with E-state index < -0.39 is 4.92 Å². The van der Waals surface area contributed by atoms with Crippen molar-refractivity contribution in [2.45, 2.75) is 25.9 Å². The molecule has 0 saturated heterocycles. The summed E-state index contributed by atoms with van der Waals surface area (Å²) < 4.78 is 5.53. The number of benzene rings is 1. The van der Waals surface area contributed by atoms with Crippen LogP contribution < -0.4 is 4.74 Å². The van der Waals surface area contributed by atoms with Crippen LogP contribution in [0.4, 0.5) is 5.69 Å². The highest BCUT2D eigenvalue weighted by Gasteiger charge is 2.32. The summed E-state index contributed by atoms with van der Waals surface area (Å²) in [5, 5.41) is 20.0. The highest BCUT2D eigenvalue weighted by molar-refractivity contribution is 5.56. The molecule has 1 N–H and O–H groups in total. The maximum Gasteiger partial charge on any atom is 0.311 e. The normalized spacial score (nSPS) is 16.9. The molecule has 2 rings (SSSR count). The van der Waals surface area contributed by atoms with E-state index in [-0.39, 0.29) is 17.0 Å². The minimum atomic E-state index is -0.596. The molecule has 0 aromatic heterocycles. The zero-order valence-corrected chi connectivity index (χ0v) is 8.48. The quantitative estimate of drug-likeness (QED) is 0.567. The number of hydrogen-bond donors (Lipinski definition) is 1. The summed E-state index contributed by atoms with van der Waals surface area (Å²) in [6, 6.07) is 2.68. The maximum absolute atomic E-state index is 10.6. The van der Waals surface area contributed by atoms with Crippen LogP contribution in [0.2, 0.25) is 0 Å². The van der Waals surface area contributed by atoms with Gasteiger partial charge in [0.25, 0.3) is 0 Å². The molecule has 0 unspecified atom stereocenters. The molecule has 80 valence electrons. The molecular formula is C10H11NO4. The third kappa shape index (κ3) is 1.60. The van der Waals surface area contributed by atoms with Crippen molar-refractivity contribution in [3.8, 4) is 11.5 Å². The Bertz CT molecular complexity index is 439. The van der Waals surface area contributed by atoms with Gasteiger partial charge in [0.2, 0.25) is 0 Å². The first-order valence-electron chi connectivity index (χ1n) is 4.58. The molecule has 5 heteroatoms. The Morgan fingerprint density at radius 2 is 2.20 bits per heavy atom. The second-order valence-electron chi connectivity index (χ2n) is 4.24. The molecule has 1 aromatic carbocycles. The van der Waals surface area contributed by atoms with E-state index in [9.17, 15) is 15.2 Å². The number of nitro groups is 1. The van der Waals surface area contributed by atoms with Gasteiger partial charge in [-0.05, 0) is 13.8 Å². The Kier molecular flexibility index (Phi) is 1.86. The summed E-state index contributed by atoms with van der Waals surface area (Å²) >= 11 is 0. The first kappa shape index (κ1) is 9.76. The Morgan fingerprint density at radius 3 is 2.80 bits per heavy atom. The van der Waals surface area contributed by atoms with Crippen LogP contribution in [-0.2, 0) is 6.42 Å². The number of ether oxygens (including phenoxy) is 1. The zero-order valence-electron chi connectivity index (χ0n) is 8.48. The molecule has 5 nitrogen and oxygen atoms in total. The third-order valence-electron chi connectivity index (χ3n) is 2.36. The van der Waals surface area contributed by atoms with Gasteiger partial charge in [-0.25, -0.2) is 0 Å². The van der Waals surface area contributed by atoms with Crippen molar-refractivity contribution in [2.75, 3.05) is 0 Å². The lowest BCUT2D eigenvalue weighted by atomic mass is 10.0. The fraction of sp³-hybridized carbons (Fsp3) is 0.400.